The fraction of sp³-hybridized carbons (Fsp3) is 0.778. The first-order valence-corrected chi connectivity index (χ1v) is 12.7. The van der Waals surface area contributed by atoms with Crippen LogP contribution in [0.15, 0.2) is 24.3 Å². The molecule has 1 atom stereocenters. The Morgan fingerprint density at radius 1 is 0.613 bits per heavy atom. The quantitative estimate of drug-likeness (QED) is 0.175. The molecule has 1 aromatic rings. The zero-order valence-corrected chi connectivity index (χ0v) is 20.5. The van der Waals surface area contributed by atoms with Gasteiger partial charge in [-0.25, -0.2) is 0 Å². The van der Waals surface area contributed by atoms with Crippen molar-refractivity contribution in [2.24, 2.45) is 0 Å². The molecular weight excluding hydrogens is 388 g/mol. The Balaban J connectivity index is 1.86. The molecule has 0 bridgehead atoms. The van der Waals surface area contributed by atoms with Gasteiger partial charge in [0.2, 0.25) is 0 Å². The smallest absolute Gasteiger partial charge is 0.119 e. The molecule has 4 heteroatoms. The Labute approximate surface area is 192 Å². The molecule has 180 valence electrons. The first-order valence-electron chi connectivity index (χ1n) is 12.7. The van der Waals surface area contributed by atoms with Crippen LogP contribution in [0.2, 0.25) is 0 Å². The third kappa shape index (κ3) is 16.1. The van der Waals surface area contributed by atoms with Gasteiger partial charge in [0.25, 0.3) is 0 Å². The summed E-state index contributed by atoms with van der Waals surface area (Å²) in [6, 6.07) is 7.59. The number of ether oxygens (including phenoxy) is 4. The van der Waals surface area contributed by atoms with Gasteiger partial charge in [-0.05, 0) is 30.7 Å². The van der Waals surface area contributed by atoms with Crippen molar-refractivity contribution in [2.75, 3.05) is 34.0 Å². The highest BCUT2D eigenvalue weighted by molar-refractivity contribution is 5.31. The summed E-state index contributed by atoms with van der Waals surface area (Å²) < 4.78 is 22.2. The van der Waals surface area contributed by atoms with Crippen molar-refractivity contribution in [1.82, 2.24) is 0 Å². The van der Waals surface area contributed by atoms with Crippen molar-refractivity contribution in [3.8, 4) is 11.5 Å². The Kier molecular flexibility index (Phi) is 18.5. The van der Waals surface area contributed by atoms with E-state index in [0.29, 0.717) is 13.2 Å². The average molecular weight is 437 g/mol. The number of methoxy groups -OCH3 is 2. The fourth-order valence-electron chi connectivity index (χ4n) is 3.66. The molecule has 0 aromatic heterocycles. The van der Waals surface area contributed by atoms with Crippen LogP contribution in [-0.4, -0.2) is 40.1 Å². The first-order chi connectivity index (χ1) is 15.3. The van der Waals surface area contributed by atoms with Gasteiger partial charge in [0.15, 0.2) is 0 Å². The van der Waals surface area contributed by atoms with Crippen molar-refractivity contribution in [2.45, 2.75) is 103 Å². The van der Waals surface area contributed by atoms with Crippen molar-refractivity contribution < 1.29 is 18.9 Å². The van der Waals surface area contributed by atoms with E-state index in [-0.39, 0.29) is 6.10 Å². The average Bonchev–Trinajstić information content (AvgIpc) is 2.81. The van der Waals surface area contributed by atoms with E-state index in [1.807, 2.05) is 24.3 Å². The lowest BCUT2D eigenvalue weighted by molar-refractivity contribution is -0.0152. The van der Waals surface area contributed by atoms with Crippen LogP contribution in [0, 0.1) is 0 Å². The van der Waals surface area contributed by atoms with Gasteiger partial charge in [0.1, 0.15) is 24.2 Å². The van der Waals surface area contributed by atoms with E-state index in [1.165, 1.54) is 83.5 Å². The molecule has 0 fully saturated rings. The lowest BCUT2D eigenvalue weighted by Gasteiger charge is -2.16. The number of benzene rings is 1. The maximum Gasteiger partial charge on any atom is 0.119 e. The lowest BCUT2D eigenvalue weighted by Crippen LogP contribution is -2.26. The molecule has 0 N–H and O–H groups in total. The van der Waals surface area contributed by atoms with E-state index in [2.05, 4.69) is 6.92 Å². The maximum atomic E-state index is 5.79. The normalized spacial score (nSPS) is 12.1. The summed E-state index contributed by atoms with van der Waals surface area (Å²) in [5.74, 6) is 1.64. The van der Waals surface area contributed by atoms with Crippen LogP contribution in [0.1, 0.15) is 96.8 Å². The van der Waals surface area contributed by atoms with Crippen LogP contribution in [0.25, 0.3) is 0 Å². The van der Waals surface area contributed by atoms with Gasteiger partial charge >= 0.3 is 0 Å². The Hall–Kier alpha value is -1.26. The van der Waals surface area contributed by atoms with Gasteiger partial charge in [-0.2, -0.15) is 0 Å². The Morgan fingerprint density at radius 3 is 1.58 bits per heavy atom. The van der Waals surface area contributed by atoms with Crippen molar-refractivity contribution >= 4 is 0 Å². The van der Waals surface area contributed by atoms with E-state index in [4.69, 9.17) is 18.9 Å². The molecular formula is C27H48O4. The highest BCUT2D eigenvalue weighted by atomic mass is 16.6. The van der Waals surface area contributed by atoms with Crippen molar-refractivity contribution in [3.05, 3.63) is 24.3 Å². The molecule has 0 saturated heterocycles. The number of hydrogen-bond acceptors (Lipinski definition) is 4. The summed E-state index contributed by atoms with van der Waals surface area (Å²) in [5, 5.41) is 0. The molecule has 0 aliphatic rings. The molecule has 0 aliphatic heterocycles. The molecule has 1 aromatic carbocycles. The first kappa shape index (κ1) is 27.8. The third-order valence-corrected chi connectivity index (χ3v) is 5.77. The minimum absolute atomic E-state index is 0.0475. The lowest BCUT2D eigenvalue weighted by atomic mass is 10.0. The molecule has 0 amide bonds. The molecule has 0 saturated carbocycles. The van der Waals surface area contributed by atoms with Gasteiger partial charge in [0.05, 0.1) is 13.7 Å². The van der Waals surface area contributed by atoms with Gasteiger partial charge in [-0.15, -0.1) is 0 Å². The molecule has 0 unspecified atom stereocenters. The van der Waals surface area contributed by atoms with Crippen LogP contribution < -0.4 is 9.47 Å². The SMILES string of the molecule is CCCCCCCCCCCCCCCCOC[C@H](COc1ccc(OC)cc1)OC. The predicted molar refractivity (Wildman–Crippen MR) is 130 cm³/mol. The molecule has 4 nitrogen and oxygen atoms in total. The molecule has 1 rings (SSSR count). The molecule has 0 heterocycles. The Morgan fingerprint density at radius 2 is 1.10 bits per heavy atom. The number of rotatable bonds is 22. The van der Waals surface area contributed by atoms with E-state index >= 15 is 0 Å². The molecule has 31 heavy (non-hydrogen) atoms. The van der Waals surface area contributed by atoms with Crippen LogP contribution in [-0.2, 0) is 9.47 Å². The number of unbranched alkanes of at least 4 members (excludes halogenated alkanes) is 13. The largest absolute Gasteiger partial charge is 0.497 e. The number of hydrogen-bond donors (Lipinski definition) is 0. The highest BCUT2D eigenvalue weighted by Crippen LogP contribution is 2.17. The minimum Gasteiger partial charge on any atom is -0.497 e. The van der Waals surface area contributed by atoms with Crippen molar-refractivity contribution in [1.29, 1.82) is 0 Å². The summed E-state index contributed by atoms with van der Waals surface area (Å²) in [5.41, 5.74) is 0. The van der Waals surface area contributed by atoms with E-state index in [9.17, 15) is 0 Å². The molecule has 0 spiro atoms. The molecule has 0 radical (unpaired) electrons. The minimum atomic E-state index is -0.0475. The second kappa shape index (κ2) is 20.6. The zero-order valence-electron chi connectivity index (χ0n) is 20.5. The molecule has 0 aliphatic carbocycles. The maximum absolute atomic E-state index is 5.79. The summed E-state index contributed by atoms with van der Waals surface area (Å²) >= 11 is 0. The summed E-state index contributed by atoms with van der Waals surface area (Å²) in [4.78, 5) is 0. The second-order valence-corrected chi connectivity index (χ2v) is 8.52. The predicted octanol–water partition coefficient (Wildman–Crippen LogP) is 7.59. The third-order valence-electron chi connectivity index (χ3n) is 5.77. The van der Waals surface area contributed by atoms with Crippen LogP contribution in [0.3, 0.4) is 0 Å². The van der Waals surface area contributed by atoms with Gasteiger partial charge < -0.3 is 18.9 Å². The van der Waals surface area contributed by atoms with Gasteiger partial charge in [0, 0.05) is 13.7 Å². The second-order valence-electron chi connectivity index (χ2n) is 8.52. The summed E-state index contributed by atoms with van der Waals surface area (Å²) in [6.45, 7) is 4.15. The zero-order chi connectivity index (χ0) is 22.4. The van der Waals surface area contributed by atoms with Gasteiger partial charge in [-0.3, -0.25) is 0 Å². The topological polar surface area (TPSA) is 36.9 Å². The van der Waals surface area contributed by atoms with E-state index in [0.717, 1.165) is 24.5 Å². The summed E-state index contributed by atoms with van der Waals surface area (Å²) in [7, 11) is 3.37. The fourth-order valence-corrected chi connectivity index (χ4v) is 3.66. The monoisotopic (exact) mass is 436 g/mol. The van der Waals surface area contributed by atoms with Gasteiger partial charge in [-0.1, -0.05) is 90.4 Å². The summed E-state index contributed by atoms with van der Waals surface area (Å²) in [6.07, 6.45) is 19.2. The van der Waals surface area contributed by atoms with Crippen LogP contribution >= 0.6 is 0 Å². The standard InChI is InChI=1S/C27H48O4/c1-4-5-6-7-8-9-10-11-12-13-14-15-16-17-22-30-23-27(29-3)24-31-26-20-18-25(28-2)19-21-26/h18-21,27H,4-17,22-24H2,1-3H3/t27-/m1/s1. The van der Waals surface area contributed by atoms with E-state index in [1.54, 1.807) is 14.2 Å². The van der Waals surface area contributed by atoms with Crippen LogP contribution in [0.4, 0.5) is 0 Å². The van der Waals surface area contributed by atoms with E-state index < -0.39 is 0 Å². The van der Waals surface area contributed by atoms with Crippen LogP contribution in [0.5, 0.6) is 11.5 Å². The van der Waals surface area contributed by atoms with Crippen molar-refractivity contribution in [3.63, 3.8) is 0 Å². The highest BCUT2D eigenvalue weighted by Gasteiger charge is 2.09. The Bertz CT molecular complexity index is 489.